The maximum absolute atomic E-state index is 12.5. The van der Waals surface area contributed by atoms with E-state index in [0.717, 1.165) is 25.8 Å². The average Bonchev–Trinajstić information content (AvgIpc) is 3.25. The van der Waals surface area contributed by atoms with Crippen LogP contribution in [0.3, 0.4) is 0 Å². The molecule has 0 radical (unpaired) electrons. The van der Waals surface area contributed by atoms with Crippen LogP contribution in [0.1, 0.15) is 40.0 Å². The van der Waals surface area contributed by atoms with Crippen molar-refractivity contribution in [3.8, 4) is 0 Å². The van der Waals surface area contributed by atoms with E-state index in [1.807, 2.05) is 6.92 Å². The first kappa shape index (κ1) is 16.2. The van der Waals surface area contributed by atoms with E-state index in [4.69, 9.17) is 0 Å². The molecule has 6 heteroatoms. The Morgan fingerprint density at radius 3 is 2.67 bits per heavy atom. The standard InChI is InChI=1S/C15H25N3O2S/c1-4-9-16-13-6-5-10-17-14(13)21(19,20)18-11-15(7-8-15)12(2)3/h5-6,10,12,16,18H,4,7-9,11H2,1-3H3. The summed E-state index contributed by atoms with van der Waals surface area (Å²) >= 11 is 0. The summed E-state index contributed by atoms with van der Waals surface area (Å²) in [6, 6.07) is 3.50. The Bertz CT molecular complexity index is 580. The van der Waals surface area contributed by atoms with Crippen LogP contribution in [0.2, 0.25) is 0 Å². The lowest BCUT2D eigenvalue weighted by molar-refractivity contribution is 0.357. The summed E-state index contributed by atoms with van der Waals surface area (Å²) in [4.78, 5) is 4.06. The molecule has 0 atom stereocenters. The van der Waals surface area contributed by atoms with Crippen molar-refractivity contribution in [1.82, 2.24) is 9.71 Å². The minimum absolute atomic E-state index is 0.0954. The van der Waals surface area contributed by atoms with Crippen LogP contribution >= 0.6 is 0 Å². The highest BCUT2D eigenvalue weighted by Gasteiger charge is 2.45. The van der Waals surface area contributed by atoms with E-state index in [1.54, 1.807) is 12.1 Å². The largest absolute Gasteiger partial charge is 0.383 e. The molecule has 118 valence electrons. The second-order valence-electron chi connectivity index (χ2n) is 6.12. The molecule has 1 aromatic heterocycles. The number of hydrogen-bond acceptors (Lipinski definition) is 4. The van der Waals surface area contributed by atoms with E-state index in [9.17, 15) is 8.42 Å². The summed E-state index contributed by atoms with van der Waals surface area (Å²) in [6.07, 6.45) is 4.63. The van der Waals surface area contributed by atoms with Crippen LogP contribution in [0.5, 0.6) is 0 Å². The summed E-state index contributed by atoms with van der Waals surface area (Å²) in [5.41, 5.74) is 0.708. The zero-order chi connectivity index (χ0) is 15.5. The molecular formula is C15H25N3O2S. The molecular weight excluding hydrogens is 286 g/mol. The molecule has 1 aliphatic rings. The van der Waals surface area contributed by atoms with E-state index in [-0.39, 0.29) is 10.4 Å². The Hall–Kier alpha value is -1.14. The van der Waals surface area contributed by atoms with Gasteiger partial charge in [-0.1, -0.05) is 20.8 Å². The normalized spacial score (nSPS) is 17.0. The lowest BCUT2D eigenvalue weighted by atomic mass is 9.93. The SMILES string of the molecule is CCCNc1cccnc1S(=O)(=O)NCC1(C(C)C)CC1. The van der Waals surface area contributed by atoms with E-state index in [0.29, 0.717) is 18.2 Å². The van der Waals surface area contributed by atoms with Crippen LogP contribution in [0.4, 0.5) is 5.69 Å². The van der Waals surface area contributed by atoms with Crippen molar-refractivity contribution in [3.63, 3.8) is 0 Å². The van der Waals surface area contributed by atoms with Crippen molar-refractivity contribution >= 4 is 15.7 Å². The minimum atomic E-state index is -3.57. The molecule has 0 saturated heterocycles. The Labute approximate surface area is 127 Å². The highest BCUT2D eigenvalue weighted by atomic mass is 32.2. The van der Waals surface area contributed by atoms with E-state index < -0.39 is 10.0 Å². The first-order chi connectivity index (χ1) is 9.91. The third kappa shape index (κ3) is 3.74. The molecule has 1 saturated carbocycles. The molecule has 1 fully saturated rings. The molecule has 0 unspecified atom stereocenters. The fourth-order valence-electron chi connectivity index (χ4n) is 2.43. The van der Waals surface area contributed by atoms with Gasteiger partial charge in [-0.05, 0) is 42.7 Å². The first-order valence-corrected chi connectivity index (χ1v) is 9.08. The van der Waals surface area contributed by atoms with Crippen LogP contribution in [-0.4, -0.2) is 26.5 Å². The molecule has 0 aromatic carbocycles. The van der Waals surface area contributed by atoms with Gasteiger partial charge in [0.15, 0.2) is 5.03 Å². The molecule has 1 heterocycles. The number of hydrogen-bond donors (Lipinski definition) is 2. The zero-order valence-electron chi connectivity index (χ0n) is 13.0. The van der Waals surface area contributed by atoms with Gasteiger partial charge >= 0.3 is 0 Å². The number of anilines is 1. The van der Waals surface area contributed by atoms with E-state index in [1.165, 1.54) is 6.20 Å². The number of aromatic nitrogens is 1. The molecule has 0 bridgehead atoms. The number of nitrogens with zero attached hydrogens (tertiary/aromatic N) is 1. The van der Waals surface area contributed by atoms with Crippen molar-refractivity contribution in [2.24, 2.45) is 11.3 Å². The summed E-state index contributed by atoms with van der Waals surface area (Å²) in [6.45, 7) is 7.56. The predicted octanol–water partition coefficient (Wildman–Crippen LogP) is 2.62. The minimum Gasteiger partial charge on any atom is -0.383 e. The Balaban J connectivity index is 2.12. The van der Waals surface area contributed by atoms with Gasteiger partial charge in [-0.2, -0.15) is 0 Å². The summed E-state index contributed by atoms with van der Waals surface area (Å²) in [7, 11) is -3.57. The lowest BCUT2D eigenvalue weighted by Gasteiger charge is -2.20. The molecule has 0 aliphatic heterocycles. The van der Waals surface area contributed by atoms with Gasteiger partial charge in [0.2, 0.25) is 0 Å². The molecule has 5 nitrogen and oxygen atoms in total. The smallest absolute Gasteiger partial charge is 0.260 e. The number of nitrogens with one attached hydrogen (secondary N) is 2. The fraction of sp³-hybridized carbons (Fsp3) is 0.667. The Morgan fingerprint density at radius 2 is 2.10 bits per heavy atom. The summed E-state index contributed by atoms with van der Waals surface area (Å²) in [5.74, 6) is 0.488. The third-order valence-corrected chi connectivity index (χ3v) is 5.68. The van der Waals surface area contributed by atoms with Gasteiger partial charge in [0, 0.05) is 19.3 Å². The van der Waals surface area contributed by atoms with Gasteiger partial charge in [0.05, 0.1) is 5.69 Å². The van der Waals surface area contributed by atoms with Gasteiger partial charge in [-0.25, -0.2) is 18.1 Å². The summed E-state index contributed by atoms with van der Waals surface area (Å²) < 4.78 is 27.7. The maximum atomic E-state index is 12.5. The highest BCUT2D eigenvalue weighted by Crippen LogP contribution is 2.51. The lowest BCUT2D eigenvalue weighted by Crippen LogP contribution is -2.33. The second kappa shape index (κ2) is 6.32. The topological polar surface area (TPSA) is 71.1 Å². The van der Waals surface area contributed by atoms with Crippen LogP contribution in [0.15, 0.2) is 23.4 Å². The second-order valence-corrected chi connectivity index (χ2v) is 7.81. The summed E-state index contributed by atoms with van der Waals surface area (Å²) in [5, 5.41) is 3.22. The molecule has 1 aromatic rings. The maximum Gasteiger partial charge on any atom is 0.260 e. The Morgan fingerprint density at radius 1 is 1.38 bits per heavy atom. The van der Waals surface area contributed by atoms with Crippen molar-refractivity contribution in [3.05, 3.63) is 18.3 Å². The van der Waals surface area contributed by atoms with Crippen molar-refractivity contribution < 1.29 is 8.42 Å². The Kier molecular flexibility index (Phi) is 4.88. The van der Waals surface area contributed by atoms with Crippen molar-refractivity contribution in [2.75, 3.05) is 18.4 Å². The molecule has 21 heavy (non-hydrogen) atoms. The molecule has 1 aliphatic carbocycles. The quantitative estimate of drug-likeness (QED) is 0.774. The van der Waals surface area contributed by atoms with Gasteiger partial charge in [0.1, 0.15) is 0 Å². The van der Waals surface area contributed by atoms with Crippen LogP contribution in [-0.2, 0) is 10.0 Å². The van der Waals surface area contributed by atoms with Crippen LogP contribution in [0, 0.1) is 11.3 Å². The predicted molar refractivity (Wildman–Crippen MR) is 84.7 cm³/mol. The van der Waals surface area contributed by atoms with Crippen LogP contribution in [0.25, 0.3) is 0 Å². The van der Waals surface area contributed by atoms with Crippen molar-refractivity contribution in [1.29, 1.82) is 0 Å². The molecule has 2 N–H and O–H groups in total. The van der Waals surface area contributed by atoms with Gasteiger partial charge < -0.3 is 5.32 Å². The average molecular weight is 311 g/mol. The third-order valence-electron chi connectivity index (χ3n) is 4.32. The van der Waals surface area contributed by atoms with Crippen LogP contribution < -0.4 is 10.0 Å². The highest BCUT2D eigenvalue weighted by molar-refractivity contribution is 7.89. The van der Waals surface area contributed by atoms with E-state index in [2.05, 4.69) is 28.9 Å². The molecule has 2 rings (SSSR count). The zero-order valence-corrected chi connectivity index (χ0v) is 13.8. The molecule has 0 spiro atoms. The van der Waals surface area contributed by atoms with Gasteiger partial charge in [-0.15, -0.1) is 0 Å². The fourth-order valence-corrected chi connectivity index (χ4v) is 3.67. The van der Waals surface area contributed by atoms with E-state index >= 15 is 0 Å². The number of rotatable bonds is 8. The van der Waals surface area contributed by atoms with Gasteiger partial charge in [0.25, 0.3) is 10.0 Å². The van der Waals surface area contributed by atoms with Crippen molar-refractivity contribution in [2.45, 2.75) is 45.1 Å². The number of sulfonamides is 1. The van der Waals surface area contributed by atoms with Gasteiger partial charge in [-0.3, -0.25) is 0 Å². The number of pyridine rings is 1. The first-order valence-electron chi connectivity index (χ1n) is 7.60. The molecule has 0 amide bonds. The monoisotopic (exact) mass is 311 g/mol.